The largest absolute Gasteiger partial charge is 0.387 e. The molecule has 1 saturated carbocycles. The lowest BCUT2D eigenvalue weighted by atomic mass is 9.97. The highest BCUT2D eigenvalue weighted by molar-refractivity contribution is 6.09. The number of aliphatic hydroxyl groups is 1. The first-order valence-corrected chi connectivity index (χ1v) is 12.8. The van der Waals surface area contributed by atoms with Gasteiger partial charge in [0.05, 0.1) is 57.5 Å². The minimum atomic E-state index is -1.67. The van der Waals surface area contributed by atoms with Gasteiger partial charge in [-0.2, -0.15) is 10.4 Å². The second-order valence-corrected chi connectivity index (χ2v) is 10.8. The molecule has 11 heteroatoms. The van der Waals surface area contributed by atoms with Crippen LogP contribution in [-0.2, 0) is 10.2 Å². The smallest absolute Gasteiger partial charge is 0.255 e. The third-order valence-electron chi connectivity index (χ3n) is 7.50. The van der Waals surface area contributed by atoms with E-state index in [1.807, 2.05) is 30.3 Å². The number of hydrogen-bond acceptors (Lipinski definition) is 7. The second kappa shape index (κ2) is 9.14. The van der Waals surface area contributed by atoms with Crippen molar-refractivity contribution < 1.29 is 19.1 Å². The number of pyridine rings is 1. The zero-order valence-corrected chi connectivity index (χ0v) is 21.8. The van der Waals surface area contributed by atoms with Crippen LogP contribution in [0.3, 0.4) is 0 Å². The molecule has 1 atom stereocenters. The van der Waals surface area contributed by atoms with E-state index in [0.29, 0.717) is 33.8 Å². The quantitative estimate of drug-likeness (QED) is 0.279. The Bertz CT molecular complexity index is 1730. The van der Waals surface area contributed by atoms with Crippen LogP contribution in [0.4, 0.5) is 21.5 Å². The summed E-state index contributed by atoms with van der Waals surface area (Å²) < 4.78 is 16.0. The predicted octanol–water partition coefficient (Wildman–Crippen LogP) is 3.83. The molecule has 1 aliphatic carbocycles. The first-order chi connectivity index (χ1) is 19.1. The maximum absolute atomic E-state index is 14.4. The van der Waals surface area contributed by atoms with E-state index >= 15 is 0 Å². The van der Waals surface area contributed by atoms with Gasteiger partial charge < -0.3 is 21.1 Å². The summed E-state index contributed by atoms with van der Waals surface area (Å²) in [7, 11) is 0. The number of fused-ring (bicyclic) bond motifs is 3. The van der Waals surface area contributed by atoms with Gasteiger partial charge in [-0.25, -0.2) is 8.91 Å². The number of nitriles is 1. The van der Waals surface area contributed by atoms with Gasteiger partial charge in [0, 0.05) is 17.6 Å². The number of rotatable bonds is 7. The monoisotopic (exact) mass is 539 g/mol. The Labute approximate surface area is 228 Å². The minimum Gasteiger partial charge on any atom is -0.387 e. The van der Waals surface area contributed by atoms with Crippen LogP contribution >= 0.6 is 0 Å². The maximum atomic E-state index is 14.4. The highest BCUT2D eigenvalue weighted by Gasteiger charge is 2.56. The number of benzene rings is 1. The summed E-state index contributed by atoms with van der Waals surface area (Å²) in [6.07, 6.45) is 2.76. The molecule has 1 aromatic carbocycles. The number of hydrogen-bond donors (Lipinski definition) is 4. The van der Waals surface area contributed by atoms with Gasteiger partial charge in [-0.05, 0) is 74.7 Å². The van der Waals surface area contributed by atoms with Crippen LogP contribution in [0.2, 0.25) is 0 Å². The zero-order valence-electron chi connectivity index (χ0n) is 21.8. The van der Waals surface area contributed by atoms with Crippen molar-refractivity contribution in [1.82, 2.24) is 19.9 Å². The molecule has 4 N–H and O–H groups in total. The van der Waals surface area contributed by atoms with E-state index in [4.69, 9.17) is 0 Å². The van der Waals surface area contributed by atoms with E-state index in [-0.39, 0.29) is 18.0 Å². The molecular formula is C29H26FN7O3. The Morgan fingerprint density at radius 1 is 1.25 bits per heavy atom. The summed E-state index contributed by atoms with van der Waals surface area (Å²) in [5.41, 5.74) is 3.14. The number of alkyl halides is 1. The van der Waals surface area contributed by atoms with Gasteiger partial charge in [0.25, 0.3) is 5.91 Å². The molecular weight excluding hydrogens is 513 g/mol. The van der Waals surface area contributed by atoms with Gasteiger partial charge in [-0.1, -0.05) is 0 Å². The number of carbonyl (C=O) groups is 2. The SMILES string of the molecule is CC(C)(O)C(F)CNC(=O)c1cnc(-c2ccc3cc(C#N)cnn23)cc1Nc1ccc2c(c1)C1(CC1)C(=O)N2. The van der Waals surface area contributed by atoms with Crippen molar-refractivity contribution >= 4 is 34.4 Å². The van der Waals surface area contributed by atoms with E-state index in [2.05, 4.69) is 32.1 Å². The summed E-state index contributed by atoms with van der Waals surface area (Å²) in [6, 6.07) is 14.7. The third kappa shape index (κ3) is 4.32. The number of anilines is 3. The van der Waals surface area contributed by atoms with Gasteiger partial charge in [0.2, 0.25) is 5.91 Å². The zero-order chi connectivity index (χ0) is 28.2. The average Bonchev–Trinajstić information content (AvgIpc) is 3.56. The molecule has 202 valence electrons. The standard InChI is InChI=1S/C29H26FN7O3/c1-28(2,40)25(30)15-33-26(38)19-14-32-23(24-6-4-18-9-16(12-31)13-34-37(18)24)11-22(19)35-17-3-5-21-20(10-17)29(7-8-29)27(39)36-21/h3-6,9-11,13-14,25,40H,7-8,15H2,1-2H3,(H,32,35)(H,33,38)(H,36,39). The summed E-state index contributed by atoms with van der Waals surface area (Å²) in [4.78, 5) is 30.1. The van der Waals surface area contributed by atoms with Gasteiger partial charge in [0.1, 0.15) is 12.2 Å². The topological polar surface area (TPSA) is 144 Å². The maximum Gasteiger partial charge on any atom is 0.255 e. The predicted molar refractivity (Wildman–Crippen MR) is 146 cm³/mol. The third-order valence-corrected chi connectivity index (χ3v) is 7.50. The molecule has 1 aliphatic heterocycles. The van der Waals surface area contributed by atoms with Gasteiger partial charge in [-0.15, -0.1) is 0 Å². The van der Waals surface area contributed by atoms with Crippen LogP contribution < -0.4 is 16.0 Å². The lowest BCUT2D eigenvalue weighted by Crippen LogP contribution is -2.42. The molecule has 1 fully saturated rings. The van der Waals surface area contributed by atoms with Crippen molar-refractivity contribution in [1.29, 1.82) is 5.26 Å². The van der Waals surface area contributed by atoms with Crippen molar-refractivity contribution in [2.75, 3.05) is 17.2 Å². The van der Waals surface area contributed by atoms with E-state index in [9.17, 15) is 24.3 Å². The number of halogens is 1. The van der Waals surface area contributed by atoms with Crippen molar-refractivity contribution in [3.05, 3.63) is 71.5 Å². The van der Waals surface area contributed by atoms with Crippen LogP contribution in [0.15, 0.2) is 54.9 Å². The molecule has 3 aromatic heterocycles. The Kier molecular flexibility index (Phi) is 5.81. The first-order valence-electron chi connectivity index (χ1n) is 12.8. The Hall–Kier alpha value is -4.82. The Morgan fingerprint density at radius 2 is 2.05 bits per heavy atom. The molecule has 0 radical (unpaired) electrons. The van der Waals surface area contributed by atoms with Crippen LogP contribution in [0.5, 0.6) is 0 Å². The molecule has 0 bridgehead atoms. The number of aromatic nitrogens is 3. The van der Waals surface area contributed by atoms with Crippen LogP contribution in [0.25, 0.3) is 16.9 Å². The van der Waals surface area contributed by atoms with E-state index in [0.717, 1.165) is 24.1 Å². The fourth-order valence-electron chi connectivity index (χ4n) is 4.93. The highest BCUT2D eigenvalue weighted by Crippen LogP contribution is 2.55. The normalized spacial score (nSPS) is 15.8. The van der Waals surface area contributed by atoms with Crippen LogP contribution in [0, 0.1) is 11.3 Å². The molecule has 2 amide bonds. The molecule has 10 nitrogen and oxygen atoms in total. The number of nitrogens with one attached hydrogen (secondary N) is 3. The molecule has 1 unspecified atom stereocenters. The minimum absolute atomic E-state index is 0.00524. The van der Waals surface area contributed by atoms with Crippen LogP contribution in [0.1, 0.15) is 48.2 Å². The van der Waals surface area contributed by atoms with E-state index in [1.165, 1.54) is 26.2 Å². The van der Waals surface area contributed by atoms with Crippen molar-refractivity contribution in [2.45, 2.75) is 43.9 Å². The fourth-order valence-corrected chi connectivity index (χ4v) is 4.93. The van der Waals surface area contributed by atoms with E-state index in [1.54, 1.807) is 16.6 Å². The molecule has 1 spiro atoms. The molecule has 4 aromatic rings. The average molecular weight is 540 g/mol. The summed E-state index contributed by atoms with van der Waals surface area (Å²) in [5.74, 6) is -0.562. The van der Waals surface area contributed by atoms with Gasteiger partial charge >= 0.3 is 0 Å². The number of amides is 2. The van der Waals surface area contributed by atoms with E-state index < -0.39 is 23.1 Å². The van der Waals surface area contributed by atoms with Gasteiger partial charge in [-0.3, -0.25) is 14.6 Å². The lowest BCUT2D eigenvalue weighted by molar-refractivity contribution is -0.117. The second-order valence-electron chi connectivity index (χ2n) is 10.8. The summed E-state index contributed by atoms with van der Waals surface area (Å²) >= 11 is 0. The summed E-state index contributed by atoms with van der Waals surface area (Å²) in [5, 5.41) is 32.2. The van der Waals surface area contributed by atoms with Crippen LogP contribution in [-0.4, -0.2) is 49.8 Å². The van der Waals surface area contributed by atoms with Crippen molar-refractivity contribution in [3.8, 4) is 17.5 Å². The highest BCUT2D eigenvalue weighted by atomic mass is 19.1. The molecule has 6 rings (SSSR count). The molecule has 0 saturated heterocycles. The number of carbonyl (C=O) groups excluding carboxylic acids is 2. The lowest BCUT2D eigenvalue weighted by Gasteiger charge is -2.22. The Balaban J connectivity index is 1.37. The first kappa shape index (κ1) is 25.5. The fraction of sp³-hybridized carbons (Fsp3) is 0.276. The summed E-state index contributed by atoms with van der Waals surface area (Å²) in [6.45, 7) is 2.29. The van der Waals surface area contributed by atoms with Gasteiger partial charge in [0.15, 0.2) is 0 Å². The van der Waals surface area contributed by atoms with Crippen molar-refractivity contribution in [2.24, 2.45) is 0 Å². The molecule has 4 heterocycles. The number of nitrogens with zero attached hydrogens (tertiary/aromatic N) is 4. The molecule has 2 aliphatic rings. The Morgan fingerprint density at radius 3 is 2.77 bits per heavy atom. The molecule has 40 heavy (non-hydrogen) atoms. The van der Waals surface area contributed by atoms with Crippen molar-refractivity contribution in [3.63, 3.8) is 0 Å².